The van der Waals surface area contributed by atoms with E-state index in [1.165, 1.54) is 4.68 Å². The minimum Gasteiger partial charge on any atom is -0.488 e. The average molecular weight is 500 g/mol. The summed E-state index contributed by atoms with van der Waals surface area (Å²) >= 11 is 12.2. The lowest BCUT2D eigenvalue weighted by Crippen LogP contribution is -2.20. The van der Waals surface area contributed by atoms with Crippen molar-refractivity contribution in [2.24, 2.45) is 5.10 Å². The fourth-order valence-corrected chi connectivity index (χ4v) is 3.92. The van der Waals surface area contributed by atoms with Gasteiger partial charge in [-0.1, -0.05) is 77.8 Å². The largest absolute Gasteiger partial charge is 0.488 e. The normalized spacial score (nSPS) is 11.3. The quantitative estimate of drug-likeness (QED) is 0.240. The first-order valence-corrected chi connectivity index (χ1v) is 11.6. The van der Waals surface area contributed by atoms with Crippen molar-refractivity contribution in [3.63, 3.8) is 0 Å². The molecule has 0 spiro atoms. The molecule has 0 saturated carbocycles. The average Bonchev–Trinajstić information content (AvgIpc) is 2.89. The van der Waals surface area contributed by atoms with Crippen molar-refractivity contribution < 1.29 is 4.74 Å². The van der Waals surface area contributed by atoms with Gasteiger partial charge in [0.15, 0.2) is 5.82 Å². The maximum Gasteiger partial charge on any atom is 0.282 e. The second-order valence-corrected chi connectivity index (χ2v) is 8.65. The van der Waals surface area contributed by atoms with Crippen LogP contribution in [0.3, 0.4) is 0 Å². The highest BCUT2D eigenvalue weighted by molar-refractivity contribution is 6.31. The molecule has 0 N–H and O–H groups in total. The summed E-state index contributed by atoms with van der Waals surface area (Å²) in [6.07, 6.45) is 1.56. The molecule has 172 valence electrons. The second-order valence-electron chi connectivity index (χ2n) is 7.78. The molecule has 0 atom stereocenters. The number of benzene rings is 4. The standard InChI is InChI=1S/C28H19Cl2N3O2/c29-22-12-10-19(11-13-22)18-35-26-15-14-23(30)16-21(26)17-31-33-27(20-6-2-1-3-7-20)32-25-9-5-4-8-24(25)28(33)34/h1-17H,18H2. The third-order valence-electron chi connectivity index (χ3n) is 5.38. The number of para-hydroxylation sites is 1. The number of hydrogen-bond donors (Lipinski definition) is 0. The Balaban J connectivity index is 1.55. The zero-order valence-electron chi connectivity index (χ0n) is 18.4. The molecule has 0 aliphatic rings. The maximum atomic E-state index is 13.4. The van der Waals surface area contributed by atoms with E-state index in [-0.39, 0.29) is 5.56 Å². The monoisotopic (exact) mass is 499 g/mol. The van der Waals surface area contributed by atoms with Gasteiger partial charge in [-0.2, -0.15) is 9.78 Å². The molecule has 1 heterocycles. The summed E-state index contributed by atoms with van der Waals surface area (Å²) in [7, 11) is 0. The summed E-state index contributed by atoms with van der Waals surface area (Å²) in [5, 5.41) is 6.20. The van der Waals surface area contributed by atoms with Crippen LogP contribution in [0, 0.1) is 0 Å². The van der Waals surface area contributed by atoms with Gasteiger partial charge in [-0.25, -0.2) is 4.98 Å². The van der Waals surface area contributed by atoms with E-state index in [9.17, 15) is 4.79 Å². The lowest BCUT2D eigenvalue weighted by Gasteiger charge is -2.11. The van der Waals surface area contributed by atoms with Gasteiger partial charge in [0.1, 0.15) is 12.4 Å². The molecule has 0 fully saturated rings. The van der Waals surface area contributed by atoms with Crippen LogP contribution < -0.4 is 10.3 Å². The third-order valence-corrected chi connectivity index (χ3v) is 5.86. The van der Waals surface area contributed by atoms with Gasteiger partial charge >= 0.3 is 0 Å². The van der Waals surface area contributed by atoms with Crippen LogP contribution in [-0.2, 0) is 6.61 Å². The first-order valence-electron chi connectivity index (χ1n) is 10.9. The Kier molecular flexibility index (Phi) is 6.62. The maximum absolute atomic E-state index is 13.4. The molecular weight excluding hydrogens is 481 g/mol. The second kappa shape index (κ2) is 10.1. The fourth-order valence-electron chi connectivity index (χ4n) is 3.62. The molecule has 35 heavy (non-hydrogen) atoms. The zero-order valence-corrected chi connectivity index (χ0v) is 19.9. The van der Waals surface area contributed by atoms with Crippen molar-refractivity contribution in [3.8, 4) is 17.1 Å². The molecule has 0 saturated heterocycles. The van der Waals surface area contributed by atoms with Crippen LogP contribution in [0.15, 0.2) is 107 Å². The Labute approximate surface area is 211 Å². The number of nitrogens with zero attached hydrogens (tertiary/aromatic N) is 3. The van der Waals surface area contributed by atoms with Crippen molar-refractivity contribution in [1.29, 1.82) is 0 Å². The van der Waals surface area contributed by atoms with Gasteiger partial charge in [-0.3, -0.25) is 4.79 Å². The van der Waals surface area contributed by atoms with E-state index in [0.29, 0.717) is 44.7 Å². The lowest BCUT2D eigenvalue weighted by atomic mass is 10.2. The van der Waals surface area contributed by atoms with Gasteiger partial charge in [-0.05, 0) is 48.0 Å². The Bertz CT molecular complexity index is 1580. The van der Waals surface area contributed by atoms with Crippen molar-refractivity contribution >= 4 is 40.3 Å². The molecule has 0 bridgehead atoms. The molecule has 0 aliphatic heterocycles. The topological polar surface area (TPSA) is 56.5 Å². The summed E-state index contributed by atoms with van der Waals surface area (Å²) in [4.78, 5) is 18.1. The van der Waals surface area contributed by atoms with Gasteiger partial charge < -0.3 is 4.74 Å². The van der Waals surface area contributed by atoms with Crippen molar-refractivity contribution in [2.45, 2.75) is 6.61 Å². The molecular formula is C28H19Cl2N3O2. The molecule has 0 unspecified atom stereocenters. The van der Waals surface area contributed by atoms with Crippen molar-refractivity contribution in [1.82, 2.24) is 9.66 Å². The molecule has 4 aromatic carbocycles. The van der Waals surface area contributed by atoms with E-state index in [1.807, 2.05) is 66.7 Å². The number of halogens is 2. The van der Waals surface area contributed by atoms with Gasteiger partial charge in [0.25, 0.3) is 5.56 Å². The van der Waals surface area contributed by atoms with Gasteiger partial charge in [0.05, 0.1) is 17.1 Å². The predicted octanol–water partition coefficient (Wildman–Crippen LogP) is 6.83. The summed E-state index contributed by atoms with van der Waals surface area (Å²) in [5.74, 6) is 1.02. The lowest BCUT2D eigenvalue weighted by molar-refractivity contribution is 0.306. The number of ether oxygens (including phenoxy) is 1. The van der Waals surface area contributed by atoms with Crippen molar-refractivity contribution in [2.75, 3.05) is 0 Å². The highest BCUT2D eigenvalue weighted by Crippen LogP contribution is 2.24. The predicted molar refractivity (Wildman–Crippen MR) is 142 cm³/mol. The minimum atomic E-state index is -0.267. The van der Waals surface area contributed by atoms with Gasteiger partial charge in [0.2, 0.25) is 0 Å². The van der Waals surface area contributed by atoms with Crippen LogP contribution >= 0.6 is 23.2 Å². The number of hydrogen-bond acceptors (Lipinski definition) is 4. The fraction of sp³-hybridized carbons (Fsp3) is 0.0357. The zero-order chi connectivity index (χ0) is 24.2. The van der Waals surface area contributed by atoms with Crippen LogP contribution in [0.4, 0.5) is 0 Å². The highest BCUT2D eigenvalue weighted by atomic mass is 35.5. The van der Waals surface area contributed by atoms with Crippen LogP contribution in [0.25, 0.3) is 22.3 Å². The minimum absolute atomic E-state index is 0.267. The number of fused-ring (bicyclic) bond motifs is 1. The molecule has 0 aliphatic carbocycles. The van der Waals surface area contributed by atoms with E-state index in [0.717, 1.165) is 11.1 Å². The van der Waals surface area contributed by atoms with Crippen LogP contribution in [0.5, 0.6) is 5.75 Å². The highest BCUT2D eigenvalue weighted by Gasteiger charge is 2.12. The first-order chi connectivity index (χ1) is 17.1. The summed E-state index contributed by atoms with van der Waals surface area (Å²) in [6, 6.07) is 29.4. The smallest absolute Gasteiger partial charge is 0.282 e. The SMILES string of the molecule is O=c1c2ccccc2nc(-c2ccccc2)n1N=Cc1cc(Cl)ccc1OCc1ccc(Cl)cc1. The summed E-state index contributed by atoms with van der Waals surface area (Å²) in [6.45, 7) is 0.340. The summed E-state index contributed by atoms with van der Waals surface area (Å²) < 4.78 is 7.33. The molecule has 5 rings (SSSR count). The van der Waals surface area contributed by atoms with E-state index < -0.39 is 0 Å². The molecule has 5 nitrogen and oxygen atoms in total. The Morgan fingerprint density at radius 3 is 2.37 bits per heavy atom. The molecule has 0 amide bonds. The van der Waals surface area contributed by atoms with Crippen LogP contribution in [0.1, 0.15) is 11.1 Å². The number of rotatable bonds is 6. The van der Waals surface area contributed by atoms with Crippen LogP contribution in [-0.4, -0.2) is 15.9 Å². The van der Waals surface area contributed by atoms with Gasteiger partial charge in [-0.15, -0.1) is 0 Å². The molecule has 5 aromatic rings. The van der Waals surface area contributed by atoms with E-state index in [1.54, 1.807) is 36.5 Å². The van der Waals surface area contributed by atoms with E-state index in [2.05, 4.69) is 5.10 Å². The number of aromatic nitrogens is 2. The third kappa shape index (κ3) is 5.11. The van der Waals surface area contributed by atoms with Gasteiger partial charge in [0, 0.05) is 21.2 Å². The Morgan fingerprint density at radius 2 is 1.57 bits per heavy atom. The van der Waals surface area contributed by atoms with Crippen molar-refractivity contribution in [3.05, 3.63) is 129 Å². The molecule has 1 aromatic heterocycles. The molecule has 0 radical (unpaired) electrons. The first kappa shape index (κ1) is 22.8. The van der Waals surface area contributed by atoms with E-state index in [4.69, 9.17) is 32.9 Å². The molecule has 7 heteroatoms. The Hall–Kier alpha value is -3.93. The van der Waals surface area contributed by atoms with E-state index >= 15 is 0 Å². The Morgan fingerprint density at radius 1 is 0.857 bits per heavy atom. The summed E-state index contributed by atoms with van der Waals surface area (Å²) in [5.41, 5.74) is 2.71. The van der Waals surface area contributed by atoms with Crippen LogP contribution in [0.2, 0.25) is 10.0 Å².